The maximum atomic E-state index is 12.4. The van der Waals surface area contributed by atoms with Gasteiger partial charge in [0.15, 0.2) is 11.5 Å². The Balaban J connectivity index is 1.29. The summed E-state index contributed by atoms with van der Waals surface area (Å²) in [5.41, 5.74) is 3.26. The van der Waals surface area contributed by atoms with Crippen LogP contribution in [-0.4, -0.2) is 23.9 Å². The van der Waals surface area contributed by atoms with Gasteiger partial charge >= 0.3 is 0 Å². The standard InChI is InChI=1S/C24H21N3O4/c1-30-19-12-10-18(11-13-19)26-24(29)16-6-8-17(9-7-16)25-22(28)14-15-23-27-20-4-2-3-5-21(20)31-23/h2-13H,14-15H2,1H3,(H,25,28)(H,26,29). The number of methoxy groups -OCH3 is 1. The first kappa shape index (κ1) is 20.2. The molecule has 2 amide bonds. The minimum absolute atomic E-state index is 0.155. The van der Waals surface area contributed by atoms with Crippen LogP contribution in [0, 0.1) is 0 Å². The van der Waals surface area contributed by atoms with Gasteiger partial charge in [-0.05, 0) is 60.7 Å². The predicted molar refractivity (Wildman–Crippen MR) is 118 cm³/mol. The van der Waals surface area contributed by atoms with Gasteiger partial charge in [0.25, 0.3) is 5.91 Å². The second-order valence-electron chi connectivity index (χ2n) is 6.88. The molecule has 0 aliphatic rings. The van der Waals surface area contributed by atoms with Gasteiger partial charge < -0.3 is 19.8 Å². The molecule has 0 spiro atoms. The lowest BCUT2D eigenvalue weighted by molar-refractivity contribution is -0.116. The largest absolute Gasteiger partial charge is 0.497 e. The monoisotopic (exact) mass is 415 g/mol. The number of carbonyl (C=O) groups excluding carboxylic acids is 2. The molecular weight excluding hydrogens is 394 g/mol. The minimum atomic E-state index is -0.237. The van der Waals surface area contributed by atoms with Crippen LogP contribution in [0.3, 0.4) is 0 Å². The second kappa shape index (κ2) is 9.13. The Bertz CT molecular complexity index is 1160. The van der Waals surface area contributed by atoms with Gasteiger partial charge in [-0.3, -0.25) is 9.59 Å². The Morgan fingerprint density at radius 2 is 1.58 bits per heavy atom. The van der Waals surface area contributed by atoms with Crippen molar-refractivity contribution in [1.29, 1.82) is 0 Å². The second-order valence-corrected chi connectivity index (χ2v) is 6.88. The van der Waals surface area contributed by atoms with Gasteiger partial charge in [-0.25, -0.2) is 4.98 Å². The molecule has 0 saturated heterocycles. The summed E-state index contributed by atoms with van der Waals surface area (Å²) in [6.45, 7) is 0. The SMILES string of the molecule is COc1ccc(NC(=O)c2ccc(NC(=O)CCc3nc4ccccc4o3)cc2)cc1. The molecule has 1 heterocycles. The van der Waals surface area contributed by atoms with Crippen LogP contribution in [0.15, 0.2) is 77.2 Å². The maximum absolute atomic E-state index is 12.4. The Morgan fingerprint density at radius 3 is 2.29 bits per heavy atom. The summed E-state index contributed by atoms with van der Waals surface area (Å²) in [6.07, 6.45) is 0.648. The summed E-state index contributed by atoms with van der Waals surface area (Å²) < 4.78 is 10.7. The average molecular weight is 415 g/mol. The number of nitrogens with zero attached hydrogens (tertiary/aromatic N) is 1. The van der Waals surface area contributed by atoms with E-state index in [4.69, 9.17) is 9.15 Å². The van der Waals surface area contributed by atoms with Crippen LogP contribution in [0.5, 0.6) is 5.75 Å². The number of ether oxygens (including phenoxy) is 1. The summed E-state index contributed by atoms with van der Waals surface area (Å²) in [6, 6.07) is 21.3. The van der Waals surface area contributed by atoms with Crippen molar-refractivity contribution in [1.82, 2.24) is 4.98 Å². The molecule has 0 aliphatic carbocycles. The van der Waals surface area contributed by atoms with Crippen molar-refractivity contribution in [2.24, 2.45) is 0 Å². The molecular formula is C24H21N3O4. The summed E-state index contributed by atoms with van der Waals surface area (Å²) in [5, 5.41) is 5.64. The Morgan fingerprint density at radius 1 is 0.903 bits per heavy atom. The molecule has 4 aromatic rings. The first-order valence-electron chi connectivity index (χ1n) is 9.80. The highest BCUT2D eigenvalue weighted by molar-refractivity contribution is 6.04. The number of hydrogen-bond donors (Lipinski definition) is 2. The average Bonchev–Trinajstić information content (AvgIpc) is 3.22. The van der Waals surface area contributed by atoms with Crippen molar-refractivity contribution < 1.29 is 18.7 Å². The normalized spacial score (nSPS) is 10.6. The molecule has 0 saturated carbocycles. The van der Waals surface area contributed by atoms with Gasteiger partial charge in [0.2, 0.25) is 5.91 Å². The molecule has 7 nitrogen and oxygen atoms in total. The third-order valence-corrected chi connectivity index (χ3v) is 4.68. The number of aryl methyl sites for hydroxylation is 1. The van der Waals surface area contributed by atoms with Gasteiger partial charge in [-0.2, -0.15) is 0 Å². The fourth-order valence-electron chi connectivity index (χ4n) is 3.05. The molecule has 0 aliphatic heterocycles. The lowest BCUT2D eigenvalue weighted by atomic mass is 10.2. The Hall–Kier alpha value is -4.13. The van der Waals surface area contributed by atoms with Crippen LogP contribution >= 0.6 is 0 Å². The molecule has 0 bridgehead atoms. The van der Waals surface area contributed by atoms with E-state index in [0.717, 1.165) is 5.52 Å². The van der Waals surface area contributed by atoms with E-state index >= 15 is 0 Å². The van der Waals surface area contributed by atoms with Crippen LogP contribution < -0.4 is 15.4 Å². The van der Waals surface area contributed by atoms with E-state index in [0.29, 0.717) is 40.6 Å². The summed E-state index contributed by atoms with van der Waals surface area (Å²) in [4.78, 5) is 29.0. The van der Waals surface area contributed by atoms with Crippen molar-refractivity contribution in [3.05, 3.63) is 84.3 Å². The van der Waals surface area contributed by atoms with Gasteiger partial charge in [0, 0.05) is 29.8 Å². The number of nitrogens with one attached hydrogen (secondary N) is 2. The van der Waals surface area contributed by atoms with Crippen molar-refractivity contribution >= 4 is 34.3 Å². The Kier molecular flexibility index (Phi) is 5.93. The highest BCUT2D eigenvalue weighted by atomic mass is 16.5. The zero-order chi connectivity index (χ0) is 21.6. The number of aromatic nitrogens is 1. The van der Waals surface area contributed by atoms with E-state index in [1.165, 1.54) is 0 Å². The number of para-hydroxylation sites is 2. The smallest absolute Gasteiger partial charge is 0.255 e. The fourth-order valence-corrected chi connectivity index (χ4v) is 3.05. The van der Waals surface area contributed by atoms with Crippen LogP contribution in [0.2, 0.25) is 0 Å². The predicted octanol–water partition coefficient (Wildman–Crippen LogP) is 4.66. The topological polar surface area (TPSA) is 93.5 Å². The van der Waals surface area contributed by atoms with E-state index in [2.05, 4.69) is 15.6 Å². The molecule has 4 rings (SSSR count). The number of hydrogen-bond acceptors (Lipinski definition) is 5. The molecule has 0 fully saturated rings. The van der Waals surface area contributed by atoms with Gasteiger partial charge in [0.1, 0.15) is 11.3 Å². The molecule has 0 unspecified atom stereocenters. The highest BCUT2D eigenvalue weighted by Crippen LogP contribution is 2.18. The van der Waals surface area contributed by atoms with E-state index in [-0.39, 0.29) is 18.2 Å². The summed E-state index contributed by atoms with van der Waals surface area (Å²) >= 11 is 0. The van der Waals surface area contributed by atoms with Crippen molar-refractivity contribution in [2.45, 2.75) is 12.8 Å². The summed E-state index contributed by atoms with van der Waals surface area (Å²) in [7, 11) is 1.59. The van der Waals surface area contributed by atoms with Crippen molar-refractivity contribution in [3.63, 3.8) is 0 Å². The molecule has 0 radical (unpaired) electrons. The zero-order valence-corrected chi connectivity index (χ0v) is 16.9. The van der Waals surface area contributed by atoms with Crippen molar-refractivity contribution in [3.8, 4) is 5.75 Å². The fraction of sp³-hybridized carbons (Fsp3) is 0.125. The molecule has 156 valence electrons. The molecule has 31 heavy (non-hydrogen) atoms. The number of oxazole rings is 1. The van der Waals surface area contributed by atoms with Gasteiger partial charge in [-0.1, -0.05) is 12.1 Å². The first-order valence-corrected chi connectivity index (χ1v) is 9.80. The lowest BCUT2D eigenvalue weighted by Gasteiger charge is -2.08. The molecule has 2 N–H and O–H groups in total. The maximum Gasteiger partial charge on any atom is 0.255 e. The summed E-state index contributed by atoms with van der Waals surface area (Å²) in [5.74, 6) is 0.854. The number of benzene rings is 3. The number of rotatable bonds is 7. The number of anilines is 2. The molecule has 0 atom stereocenters. The van der Waals surface area contributed by atoms with Crippen LogP contribution in [0.1, 0.15) is 22.7 Å². The Labute approximate surface area is 179 Å². The van der Waals surface area contributed by atoms with Crippen LogP contribution in [0.25, 0.3) is 11.1 Å². The van der Waals surface area contributed by atoms with E-state index in [9.17, 15) is 9.59 Å². The van der Waals surface area contributed by atoms with Crippen LogP contribution in [0.4, 0.5) is 11.4 Å². The molecule has 3 aromatic carbocycles. The minimum Gasteiger partial charge on any atom is -0.497 e. The highest BCUT2D eigenvalue weighted by Gasteiger charge is 2.10. The number of carbonyl (C=O) groups is 2. The van der Waals surface area contributed by atoms with Crippen molar-refractivity contribution in [2.75, 3.05) is 17.7 Å². The molecule has 1 aromatic heterocycles. The number of amides is 2. The van der Waals surface area contributed by atoms with Gasteiger partial charge in [-0.15, -0.1) is 0 Å². The van der Waals surface area contributed by atoms with E-state index in [1.807, 2.05) is 24.3 Å². The van der Waals surface area contributed by atoms with Crippen LogP contribution in [-0.2, 0) is 11.2 Å². The number of fused-ring (bicyclic) bond motifs is 1. The third kappa shape index (κ3) is 5.08. The first-order chi connectivity index (χ1) is 15.1. The lowest BCUT2D eigenvalue weighted by Crippen LogP contribution is -2.14. The quantitative estimate of drug-likeness (QED) is 0.458. The van der Waals surface area contributed by atoms with E-state index < -0.39 is 0 Å². The van der Waals surface area contributed by atoms with E-state index in [1.54, 1.807) is 55.6 Å². The van der Waals surface area contributed by atoms with Gasteiger partial charge in [0.05, 0.1) is 7.11 Å². The molecule has 7 heteroatoms. The third-order valence-electron chi connectivity index (χ3n) is 4.68. The zero-order valence-electron chi connectivity index (χ0n) is 16.9.